The smallest absolute Gasteiger partial charge is 0.242 e. The maximum absolute atomic E-state index is 12.1. The van der Waals surface area contributed by atoms with Gasteiger partial charge in [-0.05, 0) is 31.7 Å². The van der Waals surface area contributed by atoms with Crippen LogP contribution in [0.2, 0.25) is 0 Å². The standard InChI is InChI=1S/C13H25N3O2/c1-9(2)8-11(12(17)14-3)16-13(18)10-6-4-5-7-15-10/h9-11,15H,4-8H2,1-3H3,(H,14,17)(H,16,18)/t10-,11?/m1/s1. The SMILES string of the molecule is CNC(=O)C(CC(C)C)NC(=O)[C@H]1CCCCN1. The molecule has 1 heterocycles. The number of carbonyl (C=O) groups excluding carboxylic acids is 2. The third kappa shape index (κ3) is 4.64. The minimum Gasteiger partial charge on any atom is -0.357 e. The van der Waals surface area contributed by atoms with Gasteiger partial charge in [0.2, 0.25) is 11.8 Å². The first kappa shape index (κ1) is 15.0. The lowest BCUT2D eigenvalue weighted by atomic mass is 10.0. The Morgan fingerprint density at radius 1 is 1.33 bits per heavy atom. The number of rotatable bonds is 5. The average molecular weight is 255 g/mol. The highest BCUT2D eigenvalue weighted by Crippen LogP contribution is 2.09. The van der Waals surface area contributed by atoms with Crippen LogP contribution in [0, 0.1) is 5.92 Å². The molecule has 1 unspecified atom stereocenters. The molecule has 1 saturated heterocycles. The van der Waals surface area contributed by atoms with E-state index in [4.69, 9.17) is 0 Å². The molecule has 18 heavy (non-hydrogen) atoms. The zero-order valence-corrected chi connectivity index (χ0v) is 11.6. The van der Waals surface area contributed by atoms with E-state index < -0.39 is 6.04 Å². The number of amides is 2. The lowest BCUT2D eigenvalue weighted by Crippen LogP contribution is -2.53. The minimum atomic E-state index is -0.425. The van der Waals surface area contributed by atoms with Crippen LogP contribution in [0.5, 0.6) is 0 Å². The molecule has 5 nitrogen and oxygen atoms in total. The molecule has 1 fully saturated rings. The van der Waals surface area contributed by atoms with Crippen LogP contribution in [0.1, 0.15) is 39.5 Å². The monoisotopic (exact) mass is 255 g/mol. The number of carbonyl (C=O) groups is 2. The normalized spacial score (nSPS) is 21.4. The van der Waals surface area contributed by atoms with Crippen molar-refractivity contribution in [3.8, 4) is 0 Å². The summed E-state index contributed by atoms with van der Waals surface area (Å²) in [6.07, 6.45) is 3.71. The third-order valence-corrected chi connectivity index (χ3v) is 3.21. The molecule has 0 aromatic carbocycles. The van der Waals surface area contributed by atoms with Gasteiger partial charge in [-0.3, -0.25) is 9.59 Å². The fraction of sp³-hybridized carbons (Fsp3) is 0.846. The molecule has 0 spiro atoms. The molecule has 0 saturated carbocycles. The van der Waals surface area contributed by atoms with Crippen molar-refractivity contribution < 1.29 is 9.59 Å². The Labute approximate surface area is 109 Å². The summed E-state index contributed by atoms with van der Waals surface area (Å²) in [6, 6.07) is -0.565. The lowest BCUT2D eigenvalue weighted by molar-refractivity contribution is -0.130. The first-order valence-electron chi connectivity index (χ1n) is 6.80. The molecule has 1 aliphatic rings. The molecule has 1 aliphatic heterocycles. The van der Waals surface area contributed by atoms with Crippen molar-refractivity contribution in [1.82, 2.24) is 16.0 Å². The zero-order chi connectivity index (χ0) is 13.5. The van der Waals surface area contributed by atoms with Crippen molar-refractivity contribution in [3.05, 3.63) is 0 Å². The number of nitrogens with one attached hydrogen (secondary N) is 3. The van der Waals surface area contributed by atoms with Crippen molar-refractivity contribution in [2.45, 2.75) is 51.6 Å². The van der Waals surface area contributed by atoms with E-state index in [2.05, 4.69) is 16.0 Å². The van der Waals surface area contributed by atoms with Crippen molar-refractivity contribution in [1.29, 1.82) is 0 Å². The predicted molar refractivity (Wildman–Crippen MR) is 71.1 cm³/mol. The Hall–Kier alpha value is -1.10. The second-order valence-corrected chi connectivity index (χ2v) is 5.31. The molecule has 104 valence electrons. The molecular formula is C13H25N3O2. The number of piperidine rings is 1. The second-order valence-electron chi connectivity index (χ2n) is 5.31. The Balaban J connectivity index is 2.52. The van der Waals surface area contributed by atoms with Gasteiger partial charge in [-0.15, -0.1) is 0 Å². The molecule has 0 bridgehead atoms. The molecule has 0 radical (unpaired) electrons. The van der Waals surface area contributed by atoms with Crippen molar-refractivity contribution >= 4 is 11.8 Å². The summed E-state index contributed by atoms with van der Waals surface area (Å²) in [5.41, 5.74) is 0. The largest absolute Gasteiger partial charge is 0.357 e. The topological polar surface area (TPSA) is 70.2 Å². The summed E-state index contributed by atoms with van der Waals surface area (Å²) in [4.78, 5) is 23.8. The van der Waals surface area contributed by atoms with Gasteiger partial charge >= 0.3 is 0 Å². The van der Waals surface area contributed by atoms with E-state index in [1.165, 1.54) is 0 Å². The maximum atomic E-state index is 12.1. The highest BCUT2D eigenvalue weighted by atomic mass is 16.2. The van der Waals surface area contributed by atoms with Crippen LogP contribution in [0.3, 0.4) is 0 Å². The predicted octanol–water partition coefficient (Wildman–Crippen LogP) is 0.405. The van der Waals surface area contributed by atoms with E-state index in [0.29, 0.717) is 12.3 Å². The maximum Gasteiger partial charge on any atom is 0.242 e. The summed E-state index contributed by atoms with van der Waals surface area (Å²) in [5.74, 6) is 0.198. The first-order valence-corrected chi connectivity index (χ1v) is 6.80. The summed E-state index contributed by atoms with van der Waals surface area (Å²) in [5, 5.41) is 8.65. The molecule has 1 rings (SSSR count). The quantitative estimate of drug-likeness (QED) is 0.666. The fourth-order valence-electron chi connectivity index (χ4n) is 2.23. The van der Waals surface area contributed by atoms with Crippen molar-refractivity contribution in [3.63, 3.8) is 0 Å². The minimum absolute atomic E-state index is 0.0519. The van der Waals surface area contributed by atoms with Crippen molar-refractivity contribution in [2.24, 2.45) is 5.92 Å². The van der Waals surface area contributed by atoms with Gasteiger partial charge in [-0.2, -0.15) is 0 Å². The van der Waals surface area contributed by atoms with E-state index in [-0.39, 0.29) is 17.9 Å². The van der Waals surface area contributed by atoms with Gasteiger partial charge in [0.05, 0.1) is 6.04 Å². The molecule has 3 N–H and O–H groups in total. The second kappa shape index (κ2) is 7.36. The van der Waals surface area contributed by atoms with Gasteiger partial charge in [-0.25, -0.2) is 0 Å². The van der Waals surface area contributed by atoms with Gasteiger partial charge in [0.25, 0.3) is 0 Å². The van der Waals surface area contributed by atoms with E-state index in [1.54, 1.807) is 7.05 Å². The first-order chi connectivity index (χ1) is 8.54. The van der Waals surface area contributed by atoms with Gasteiger partial charge in [-0.1, -0.05) is 20.3 Å². The number of likely N-dealkylation sites (N-methyl/N-ethyl adjacent to an activating group) is 1. The summed E-state index contributed by atoms with van der Waals surface area (Å²) in [7, 11) is 1.60. The van der Waals surface area contributed by atoms with Gasteiger partial charge in [0, 0.05) is 7.05 Å². The summed E-state index contributed by atoms with van der Waals surface area (Å²) < 4.78 is 0. The van der Waals surface area contributed by atoms with Crippen LogP contribution in [-0.2, 0) is 9.59 Å². The molecule has 0 aromatic heterocycles. The van der Waals surface area contributed by atoms with E-state index in [0.717, 1.165) is 25.8 Å². The summed E-state index contributed by atoms with van der Waals surface area (Å²) >= 11 is 0. The van der Waals surface area contributed by atoms with E-state index in [9.17, 15) is 9.59 Å². The average Bonchev–Trinajstić information content (AvgIpc) is 2.37. The molecule has 5 heteroatoms. The van der Waals surface area contributed by atoms with Gasteiger partial charge < -0.3 is 16.0 Å². The molecule has 0 aliphatic carbocycles. The van der Waals surface area contributed by atoms with Crippen LogP contribution in [0.25, 0.3) is 0 Å². The Morgan fingerprint density at radius 3 is 2.56 bits per heavy atom. The number of hydrogen-bond acceptors (Lipinski definition) is 3. The summed E-state index contributed by atoms with van der Waals surface area (Å²) in [6.45, 7) is 4.97. The Kier molecular flexibility index (Phi) is 6.12. The molecule has 2 amide bonds. The Morgan fingerprint density at radius 2 is 2.06 bits per heavy atom. The molecule has 2 atom stereocenters. The Bertz CT molecular complexity index is 286. The zero-order valence-electron chi connectivity index (χ0n) is 11.6. The highest BCUT2D eigenvalue weighted by molar-refractivity contribution is 5.89. The van der Waals surface area contributed by atoms with Crippen molar-refractivity contribution in [2.75, 3.05) is 13.6 Å². The fourth-order valence-corrected chi connectivity index (χ4v) is 2.23. The van der Waals surface area contributed by atoms with Crippen LogP contribution in [-0.4, -0.2) is 37.5 Å². The van der Waals surface area contributed by atoms with Crippen LogP contribution >= 0.6 is 0 Å². The lowest BCUT2D eigenvalue weighted by Gasteiger charge is -2.26. The third-order valence-electron chi connectivity index (χ3n) is 3.21. The van der Waals surface area contributed by atoms with Gasteiger partial charge in [0.1, 0.15) is 6.04 Å². The van der Waals surface area contributed by atoms with E-state index in [1.807, 2.05) is 13.8 Å². The van der Waals surface area contributed by atoms with Crippen LogP contribution in [0.15, 0.2) is 0 Å². The van der Waals surface area contributed by atoms with Crippen LogP contribution in [0.4, 0.5) is 0 Å². The van der Waals surface area contributed by atoms with Gasteiger partial charge in [0.15, 0.2) is 0 Å². The molecular weight excluding hydrogens is 230 g/mol. The molecule has 0 aromatic rings. The highest BCUT2D eigenvalue weighted by Gasteiger charge is 2.26. The van der Waals surface area contributed by atoms with Crippen LogP contribution < -0.4 is 16.0 Å². The van der Waals surface area contributed by atoms with E-state index >= 15 is 0 Å². The number of hydrogen-bond donors (Lipinski definition) is 3.